The van der Waals surface area contributed by atoms with Gasteiger partial charge in [0.15, 0.2) is 0 Å². The lowest BCUT2D eigenvalue weighted by Gasteiger charge is -2.20. The number of nitrogens with zero attached hydrogens (tertiary/aromatic N) is 3. The predicted octanol–water partition coefficient (Wildman–Crippen LogP) is 1.17. The highest BCUT2D eigenvalue weighted by molar-refractivity contribution is 7.16. The van der Waals surface area contributed by atoms with Crippen LogP contribution in [0.25, 0.3) is 10.6 Å². The van der Waals surface area contributed by atoms with E-state index < -0.39 is 11.9 Å². The van der Waals surface area contributed by atoms with E-state index in [-0.39, 0.29) is 11.8 Å². The first kappa shape index (κ1) is 16.2. The number of primary amides is 1. The minimum Gasteiger partial charge on any atom is -0.368 e. The Bertz CT molecular complexity index is 678. The summed E-state index contributed by atoms with van der Waals surface area (Å²) in [6, 6.07) is -0.679. The van der Waals surface area contributed by atoms with Crippen LogP contribution < -0.4 is 11.1 Å². The molecule has 2 heterocycles. The number of hydrogen-bond acceptors (Lipinski definition) is 5. The van der Waals surface area contributed by atoms with E-state index in [1.54, 1.807) is 10.9 Å². The van der Waals surface area contributed by atoms with E-state index in [9.17, 15) is 9.59 Å². The third-order valence-electron chi connectivity index (χ3n) is 3.49. The zero-order valence-corrected chi connectivity index (χ0v) is 13.6. The topological polar surface area (TPSA) is 103 Å². The van der Waals surface area contributed by atoms with Gasteiger partial charge in [-0.25, -0.2) is 4.98 Å². The molecule has 8 heteroatoms. The summed E-state index contributed by atoms with van der Waals surface area (Å²) < 4.78 is 1.67. The van der Waals surface area contributed by atoms with Crippen molar-refractivity contribution in [1.82, 2.24) is 20.1 Å². The third-order valence-corrected chi connectivity index (χ3v) is 4.53. The smallest absolute Gasteiger partial charge is 0.263 e. The fourth-order valence-electron chi connectivity index (χ4n) is 1.99. The average Bonchev–Trinajstić information content (AvgIpc) is 3.11. The van der Waals surface area contributed by atoms with Gasteiger partial charge in [-0.15, -0.1) is 11.3 Å². The van der Waals surface area contributed by atoms with Crippen molar-refractivity contribution >= 4 is 23.2 Å². The summed E-state index contributed by atoms with van der Waals surface area (Å²) in [5, 5.41) is 7.47. The van der Waals surface area contributed by atoms with Gasteiger partial charge in [-0.2, -0.15) is 5.10 Å². The number of amides is 2. The summed E-state index contributed by atoms with van der Waals surface area (Å²) in [6.45, 7) is 3.82. The molecule has 7 nitrogen and oxygen atoms in total. The van der Waals surface area contributed by atoms with Gasteiger partial charge < -0.3 is 11.1 Å². The SMILES string of the molecule is CC[C@@H](C)[C@@H](NC(=O)c1cnc(-c2cnn(C)c2)s1)C(N)=O. The van der Waals surface area contributed by atoms with Gasteiger partial charge in [-0.3, -0.25) is 14.3 Å². The van der Waals surface area contributed by atoms with Gasteiger partial charge in [0.05, 0.1) is 12.4 Å². The molecular formula is C14H19N5O2S. The molecular weight excluding hydrogens is 302 g/mol. The number of aryl methyl sites for hydroxylation is 1. The average molecular weight is 321 g/mol. The van der Waals surface area contributed by atoms with Gasteiger partial charge in [-0.1, -0.05) is 20.3 Å². The van der Waals surface area contributed by atoms with E-state index in [4.69, 9.17) is 5.73 Å². The van der Waals surface area contributed by atoms with Crippen LogP contribution >= 0.6 is 11.3 Å². The second-order valence-electron chi connectivity index (χ2n) is 5.17. The Labute approximate surface area is 132 Å². The summed E-state index contributed by atoms with van der Waals surface area (Å²) in [6.07, 6.45) is 5.76. The van der Waals surface area contributed by atoms with Crippen molar-refractivity contribution in [2.24, 2.45) is 18.7 Å². The van der Waals surface area contributed by atoms with Crippen molar-refractivity contribution in [3.63, 3.8) is 0 Å². The molecule has 0 unspecified atom stereocenters. The Hall–Kier alpha value is -2.22. The highest BCUT2D eigenvalue weighted by atomic mass is 32.1. The first-order valence-corrected chi connectivity index (χ1v) is 7.79. The molecule has 118 valence electrons. The van der Waals surface area contributed by atoms with Crippen LogP contribution in [0.4, 0.5) is 0 Å². The van der Waals surface area contributed by atoms with Gasteiger partial charge in [0.2, 0.25) is 5.91 Å². The number of aromatic nitrogens is 3. The first-order chi connectivity index (χ1) is 10.4. The lowest BCUT2D eigenvalue weighted by molar-refractivity contribution is -0.120. The van der Waals surface area contributed by atoms with Crippen LogP contribution in [0.2, 0.25) is 0 Å². The molecule has 2 rings (SSSR count). The highest BCUT2D eigenvalue weighted by Gasteiger charge is 2.25. The Balaban J connectivity index is 2.13. The molecule has 0 aliphatic heterocycles. The maximum atomic E-state index is 12.3. The predicted molar refractivity (Wildman–Crippen MR) is 84.2 cm³/mol. The zero-order valence-electron chi connectivity index (χ0n) is 12.7. The second kappa shape index (κ2) is 6.69. The Kier molecular flexibility index (Phi) is 4.92. The van der Waals surface area contributed by atoms with Gasteiger partial charge >= 0.3 is 0 Å². The molecule has 0 aliphatic rings. The minimum atomic E-state index is -0.679. The van der Waals surface area contributed by atoms with E-state index in [0.717, 1.165) is 12.0 Å². The van der Waals surface area contributed by atoms with Gasteiger partial charge in [0.1, 0.15) is 15.9 Å². The van der Waals surface area contributed by atoms with Crippen molar-refractivity contribution in [2.75, 3.05) is 0 Å². The van der Waals surface area contributed by atoms with E-state index >= 15 is 0 Å². The van der Waals surface area contributed by atoms with Crippen molar-refractivity contribution in [1.29, 1.82) is 0 Å². The molecule has 2 amide bonds. The van der Waals surface area contributed by atoms with Crippen molar-refractivity contribution < 1.29 is 9.59 Å². The van der Waals surface area contributed by atoms with E-state index in [2.05, 4.69) is 15.4 Å². The number of thiazole rings is 1. The third kappa shape index (κ3) is 3.51. The molecule has 0 saturated carbocycles. The van der Waals surface area contributed by atoms with Crippen LogP contribution in [0.5, 0.6) is 0 Å². The second-order valence-corrected chi connectivity index (χ2v) is 6.20. The normalized spacial score (nSPS) is 13.6. The Morgan fingerprint density at radius 3 is 2.73 bits per heavy atom. The van der Waals surface area contributed by atoms with Gasteiger partial charge in [0.25, 0.3) is 5.91 Å². The maximum Gasteiger partial charge on any atom is 0.263 e. The number of nitrogens with two attached hydrogens (primary N) is 1. The maximum absolute atomic E-state index is 12.3. The molecule has 2 aromatic rings. The molecule has 0 spiro atoms. The molecule has 2 aromatic heterocycles. The van der Waals surface area contributed by atoms with Gasteiger partial charge in [-0.05, 0) is 5.92 Å². The Morgan fingerprint density at radius 2 is 2.18 bits per heavy atom. The monoisotopic (exact) mass is 321 g/mol. The Morgan fingerprint density at radius 1 is 1.45 bits per heavy atom. The molecule has 0 aliphatic carbocycles. The van der Waals surface area contributed by atoms with Crippen molar-refractivity contribution in [3.05, 3.63) is 23.5 Å². The fourth-order valence-corrected chi connectivity index (χ4v) is 2.78. The van der Waals surface area contributed by atoms with E-state index in [1.807, 2.05) is 27.1 Å². The molecule has 0 bridgehead atoms. The number of hydrogen-bond donors (Lipinski definition) is 2. The fraction of sp³-hybridized carbons (Fsp3) is 0.429. The van der Waals surface area contributed by atoms with Crippen LogP contribution in [-0.4, -0.2) is 32.6 Å². The summed E-state index contributed by atoms with van der Waals surface area (Å²) in [5.41, 5.74) is 6.21. The summed E-state index contributed by atoms with van der Waals surface area (Å²) in [5.74, 6) is -0.886. The van der Waals surface area contributed by atoms with Crippen LogP contribution in [0.3, 0.4) is 0 Å². The van der Waals surface area contributed by atoms with Crippen molar-refractivity contribution in [3.8, 4) is 10.6 Å². The number of carbonyl (C=O) groups is 2. The standard InChI is InChI=1S/C14H19N5O2S/c1-4-8(2)11(12(15)20)18-13(21)10-6-16-14(22-10)9-5-17-19(3)7-9/h5-8,11H,4H2,1-3H3,(H2,15,20)(H,18,21)/t8-,11-/m1/s1. The van der Waals surface area contributed by atoms with E-state index in [1.165, 1.54) is 17.5 Å². The lowest BCUT2D eigenvalue weighted by Crippen LogP contribution is -2.48. The summed E-state index contributed by atoms with van der Waals surface area (Å²) >= 11 is 1.25. The molecule has 0 aromatic carbocycles. The van der Waals surface area contributed by atoms with Crippen LogP contribution in [0.15, 0.2) is 18.6 Å². The van der Waals surface area contributed by atoms with Crippen LogP contribution in [-0.2, 0) is 11.8 Å². The quantitative estimate of drug-likeness (QED) is 0.833. The first-order valence-electron chi connectivity index (χ1n) is 6.97. The number of nitrogens with one attached hydrogen (secondary N) is 1. The minimum absolute atomic E-state index is 0.0211. The number of rotatable bonds is 6. The summed E-state index contributed by atoms with van der Waals surface area (Å²) in [4.78, 5) is 28.4. The highest BCUT2D eigenvalue weighted by Crippen LogP contribution is 2.24. The molecule has 22 heavy (non-hydrogen) atoms. The lowest BCUT2D eigenvalue weighted by atomic mass is 9.98. The van der Waals surface area contributed by atoms with Crippen LogP contribution in [0, 0.1) is 5.92 Å². The molecule has 2 atom stereocenters. The van der Waals surface area contributed by atoms with E-state index in [0.29, 0.717) is 9.88 Å². The largest absolute Gasteiger partial charge is 0.368 e. The van der Waals surface area contributed by atoms with Crippen molar-refractivity contribution in [2.45, 2.75) is 26.3 Å². The molecule has 3 N–H and O–H groups in total. The number of carbonyl (C=O) groups excluding carboxylic acids is 2. The van der Waals surface area contributed by atoms with Crippen LogP contribution in [0.1, 0.15) is 29.9 Å². The molecule has 0 radical (unpaired) electrons. The summed E-state index contributed by atoms with van der Waals surface area (Å²) in [7, 11) is 1.81. The molecule has 0 saturated heterocycles. The molecule has 0 fully saturated rings. The van der Waals surface area contributed by atoms with Gasteiger partial charge in [0, 0.05) is 18.8 Å². The zero-order chi connectivity index (χ0) is 16.3.